The zero-order valence-electron chi connectivity index (χ0n) is 13.2. The van der Waals surface area contributed by atoms with Gasteiger partial charge in [-0.05, 0) is 38.5 Å². The lowest BCUT2D eigenvalue weighted by molar-refractivity contribution is 0.0772. The number of hydrogen-bond donors (Lipinski definition) is 0. The van der Waals surface area contributed by atoms with Gasteiger partial charge in [-0.15, -0.1) is 0 Å². The van der Waals surface area contributed by atoms with Crippen molar-refractivity contribution in [1.82, 2.24) is 4.90 Å². The molecule has 1 aliphatic heterocycles. The third kappa shape index (κ3) is 3.74. The maximum atomic E-state index is 12.6. The summed E-state index contributed by atoms with van der Waals surface area (Å²) in [6.45, 7) is 4.77. The second-order valence-corrected chi connectivity index (χ2v) is 10.0. The SMILES string of the molecule is CCN(CC)C(=O)c1cccc(S(=O)(=O)C2CCS(=O)(=O)C2)c1. The molecule has 128 valence electrons. The topological polar surface area (TPSA) is 88.6 Å². The zero-order chi connectivity index (χ0) is 17.3. The Hall–Kier alpha value is -1.41. The average Bonchev–Trinajstić information content (AvgIpc) is 2.89. The highest BCUT2D eigenvalue weighted by molar-refractivity contribution is 7.96. The molecule has 0 N–H and O–H groups in total. The summed E-state index contributed by atoms with van der Waals surface area (Å²) in [7, 11) is -7.04. The van der Waals surface area contributed by atoms with Gasteiger partial charge < -0.3 is 4.90 Å². The highest BCUT2D eigenvalue weighted by Crippen LogP contribution is 2.26. The molecular formula is C15H21NO5S2. The zero-order valence-corrected chi connectivity index (χ0v) is 14.9. The van der Waals surface area contributed by atoms with E-state index in [1.807, 2.05) is 13.8 Å². The molecule has 0 aromatic heterocycles. The van der Waals surface area contributed by atoms with Crippen molar-refractivity contribution in [2.45, 2.75) is 30.4 Å². The number of rotatable bonds is 5. The highest BCUT2D eigenvalue weighted by Gasteiger charge is 2.38. The lowest BCUT2D eigenvalue weighted by Gasteiger charge is -2.19. The van der Waals surface area contributed by atoms with Gasteiger partial charge in [0.05, 0.1) is 21.7 Å². The van der Waals surface area contributed by atoms with Gasteiger partial charge in [-0.3, -0.25) is 4.79 Å². The molecular weight excluding hydrogens is 338 g/mol. The van der Waals surface area contributed by atoms with Gasteiger partial charge >= 0.3 is 0 Å². The fourth-order valence-corrected chi connectivity index (χ4v) is 7.10. The van der Waals surface area contributed by atoms with Crippen LogP contribution in [-0.4, -0.2) is 57.5 Å². The molecule has 1 amide bonds. The van der Waals surface area contributed by atoms with Crippen LogP contribution >= 0.6 is 0 Å². The number of nitrogens with zero attached hydrogens (tertiary/aromatic N) is 1. The first kappa shape index (κ1) is 17.9. The molecule has 2 rings (SSSR count). The Morgan fingerprint density at radius 2 is 1.91 bits per heavy atom. The number of benzene rings is 1. The summed E-state index contributed by atoms with van der Waals surface area (Å²) in [5.74, 6) is -0.676. The first-order valence-corrected chi connectivity index (χ1v) is 10.9. The fraction of sp³-hybridized carbons (Fsp3) is 0.533. The van der Waals surface area contributed by atoms with Crippen molar-refractivity contribution >= 4 is 25.6 Å². The highest BCUT2D eigenvalue weighted by atomic mass is 32.2. The minimum Gasteiger partial charge on any atom is -0.339 e. The minimum atomic E-state index is -3.75. The summed E-state index contributed by atoms with van der Waals surface area (Å²) in [6.07, 6.45) is 0.110. The molecule has 1 aromatic rings. The number of carbonyl (C=O) groups excluding carboxylic acids is 1. The summed E-state index contributed by atoms with van der Waals surface area (Å²) in [5, 5.41) is -0.925. The van der Waals surface area contributed by atoms with E-state index >= 15 is 0 Å². The minimum absolute atomic E-state index is 0.0117. The quantitative estimate of drug-likeness (QED) is 0.786. The Balaban J connectivity index is 2.34. The molecule has 0 aliphatic carbocycles. The van der Waals surface area contributed by atoms with E-state index in [0.717, 1.165) is 0 Å². The van der Waals surface area contributed by atoms with Crippen molar-refractivity contribution in [2.24, 2.45) is 0 Å². The van der Waals surface area contributed by atoms with Gasteiger partial charge in [0.25, 0.3) is 5.91 Å². The Labute approximate surface area is 137 Å². The van der Waals surface area contributed by atoms with Gasteiger partial charge in [-0.2, -0.15) is 0 Å². The van der Waals surface area contributed by atoms with Crippen LogP contribution in [0.3, 0.4) is 0 Å². The Morgan fingerprint density at radius 3 is 2.43 bits per heavy atom. The lowest BCUT2D eigenvalue weighted by atomic mass is 10.2. The summed E-state index contributed by atoms with van der Waals surface area (Å²) in [6, 6.07) is 5.86. The molecule has 0 spiro atoms. The van der Waals surface area contributed by atoms with Gasteiger partial charge in [0.2, 0.25) is 0 Å². The van der Waals surface area contributed by atoms with E-state index in [9.17, 15) is 21.6 Å². The molecule has 1 saturated heterocycles. The van der Waals surface area contributed by atoms with Crippen LogP contribution in [0.5, 0.6) is 0 Å². The third-order valence-electron chi connectivity index (χ3n) is 4.09. The van der Waals surface area contributed by atoms with Crippen LogP contribution in [0.1, 0.15) is 30.6 Å². The summed E-state index contributed by atoms with van der Waals surface area (Å²) < 4.78 is 48.3. The molecule has 1 fully saturated rings. The lowest BCUT2D eigenvalue weighted by Crippen LogP contribution is -2.30. The average molecular weight is 359 g/mol. The van der Waals surface area contributed by atoms with Gasteiger partial charge in [0, 0.05) is 18.7 Å². The summed E-state index contributed by atoms with van der Waals surface area (Å²) in [4.78, 5) is 14.0. The van der Waals surface area contributed by atoms with E-state index in [4.69, 9.17) is 0 Å². The van der Waals surface area contributed by atoms with Gasteiger partial charge in [-0.25, -0.2) is 16.8 Å². The summed E-state index contributed by atoms with van der Waals surface area (Å²) >= 11 is 0. The molecule has 23 heavy (non-hydrogen) atoms. The van der Waals surface area contributed by atoms with Gasteiger partial charge in [-0.1, -0.05) is 6.07 Å². The van der Waals surface area contributed by atoms with E-state index in [1.165, 1.54) is 18.2 Å². The molecule has 1 atom stereocenters. The molecule has 1 unspecified atom stereocenters. The van der Waals surface area contributed by atoms with Crippen LogP contribution in [0.4, 0.5) is 0 Å². The normalized spacial score (nSPS) is 20.3. The van der Waals surface area contributed by atoms with Crippen LogP contribution < -0.4 is 0 Å². The van der Waals surface area contributed by atoms with Crippen molar-refractivity contribution in [3.05, 3.63) is 29.8 Å². The molecule has 1 heterocycles. The second-order valence-electron chi connectivity index (χ2n) is 5.58. The first-order valence-electron chi connectivity index (χ1n) is 7.55. The van der Waals surface area contributed by atoms with Crippen molar-refractivity contribution in [2.75, 3.05) is 24.6 Å². The maximum Gasteiger partial charge on any atom is 0.253 e. The number of hydrogen-bond acceptors (Lipinski definition) is 5. The third-order valence-corrected chi connectivity index (χ3v) is 8.26. The Morgan fingerprint density at radius 1 is 1.26 bits per heavy atom. The van der Waals surface area contributed by atoms with Crippen LogP contribution in [0, 0.1) is 0 Å². The fourth-order valence-electron chi connectivity index (χ4n) is 2.70. The molecule has 1 aliphatic rings. The molecule has 0 saturated carbocycles. The van der Waals surface area contributed by atoms with Crippen molar-refractivity contribution in [3.63, 3.8) is 0 Å². The van der Waals surface area contributed by atoms with Crippen LogP contribution in [0.15, 0.2) is 29.2 Å². The van der Waals surface area contributed by atoms with Gasteiger partial charge in [0.15, 0.2) is 19.7 Å². The van der Waals surface area contributed by atoms with Crippen molar-refractivity contribution in [3.8, 4) is 0 Å². The van der Waals surface area contributed by atoms with Gasteiger partial charge in [0.1, 0.15) is 0 Å². The maximum absolute atomic E-state index is 12.6. The van der Waals surface area contributed by atoms with Crippen molar-refractivity contribution < 1.29 is 21.6 Å². The second kappa shape index (κ2) is 6.60. The first-order chi connectivity index (χ1) is 10.7. The Bertz CT molecular complexity index is 795. The monoisotopic (exact) mass is 359 g/mol. The van der Waals surface area contributed by atoms with E-state index < -0.39 is 24.9 Å². The molecule has 0 bridgehead atoms. The molecule has 1 aromatic carbocycles. The number of amides is 1. The van der Waals surface area contributed by atoms with Crippen LogP contribution in [0.25, 0.3) is 0 Å². The Kier molecular flexibility index (Phi) is 5.15. The van der Waals surface area contributed by atoms with Crippen molar-refractivity contribution in [1.29, 1.82) is 0 Å². The van der Waals surface area contributed by atoms with E-state index in [2.05, 4.69) is 0 Å². The van der Waals surface area contributed by atoms with E-state index in [-0.39, 0.29) is 28.7 Å². The summed E-state index contributed by atoms with van der Waals surface area (Å²) in [5.41, 5.74) is 0.302. The molecule has 0 radical (unpaired) electrons. The van der Waals surface area contributed by atoms with Crippen LogP contribution in [0.2, 0.25) is 0 Å². The number of carbonyl (C=O) groups is 1. The predicted octanol–water partition coefficient (Wildman–Crippen LogP) is 1.13. The van der Waals surface area contributed by atoms with E-state index in [0.29, 0.717) is 18.7 Å². The standard InChI is InChI=1S/C15H21NO5S2/c1-3-16(4-2)15(17)12-6-5-7-13(10-12)23(20,21)14-8-9-22(18,19)11-14/h5-7,10,14H,3-4,8-9,11H2,1-2H3. The number of sulfone groups is 2. The smallest absolute Gasteiger partial charge is 0.253 e. The predicted molar refractivity (Wildman–Crippen MR) is 87.9 cm³/mol. The van der Waals surface area contributed by atoms with Crippen LogP contribution in [-0.2, 0) is 19.7 Å². The van der Waals surface area contributed by atoms with E-state index in [1.54, 1.807) is 11.0 Å². The molecule has 8 heteroatoms. The largest absolute Gasteiger partial charge is 0.339 e. The molecule has 6 nitrogen and oxygen atoms in total.